The lowest BCUT2D eigenvalue weighted by Gasteiger charge is -2.49. The van der Waals surface area contributed by atoms with Crippen LogP contribution in [0.2, 0.25) is 0 Å². The van der Waals surface area contributed by atoms with E-state index < -0.39 is 23.3 Å². The summed E-state index contributed by atoms with van der Waals surface area (Å²) in [5.74, 6) is -0.281. The van der Waals surface area contributed by atoms with E-state index in [1.165, 1.54) is 16.7 Å². The summed E-state index contributed by atoms with van der Waals surface area (Å²) in [5, 5.41) is 12.1. The predicted octanol–water partition coefficient (Wildman–Crippen LogP) is 1.63. The van der Waals surface area contributed by atoms with Crippen LogP contribution in [0.5, 0.6) is 5.75 Å². The first-order chi connectivity index (χ1) is 16.0. The average Bonchev–Trinajstić information content (AvgIpc) is 2.85. The Morgan fingerprint density at radius 3 is 2.52 bits per heavy atom. The van der Waals surface area contributed by atoms with Crippen LogP contribution in [0.4, 0.5) is 0 Å². The van der Waals surface area contributed by atoms with Crippen molar-refractivity contribution in [1.29, 1.82) is 0 Å². The van der Waals surface area contributed by atoms with Crippen LogP contribution >= 0.6 is 11.8 Å². The molecule has 0 aliphatic carbocycles. The molecule has 33 heavy (non-hydrogen) atoms. The van der Waals surface area contributed by atoms with Gasteiger partial charge in [-0.15, -0.1) is 11.8 Å². The Morgan fingerprint density at radius 1 is 1.12 bits per heavy atom. The number of methoxy groups -OCH3 is 1. The van der Waals surface area contributed by atoms with Gasteiger partial charge in [0.25, 0.3) is 5.91 Å². The lowest BCUT2D eigenvalue weighted by atomic mass is 10.0. The quantitative estimate of drug-likeness (QED) is 0.448. The molecule has 0 radical (unpaired) electrons. The number of hydrogen-bond donors (Lipinski definition) is 2. The number of carbonyl (C=O) groups excluding carboxylic acids is 3. The van der Waals surface area contributed by atoms with Crippen LogP contribution in [0.3, 0.4) is 0 Å². The molecule has 172 valence electrons. The van der Waals surface area contributed by atoms with Crippen molar-refractivity contribution in [3.8, 4) is 5.75 Å². The van der Waals surface area contributed by atoms with Crippen LogP contribution in [0.25, 0.3) is 0 Å². The number of esters is 1. The molecule has 0 spiro atoms. The number of nitrogens with one attached hydrogen (secondary N) is 1. The SMILES string of the molecule is COc1ccc(COC(=O)C2=C(CO)CS[C@@H]3[C@H](NC(=O)Cc4ccccc4)C(=O)N23)cc1. The predicted molar refractivity (Wildman–Crippen MR) is 122 cm³/mol. The molecule has 9 heteroatoms. The molecule has 2 aromatic carbocycles. The molecule has 0 aromatic heterocycles. The van der Waals surface area contributed by atoms with Crippen LogP contribution in [0.1, 0.15) is 11.1 Å². The number of aliphatic hydroxyl groups excluding tert-OH is 1. The zero-order valence-electron chi connectivity index (χ0n) is 18.0. The molecule has 2 aromatic rings. The van der Waals surface area contributed by atoms with Crippen molar-refractivity contribution in [3.63, 3.8) is 0 Å². The molecule has 0 saturated carbocycles. The third-order valence-electron chi connectivity index (χ3n) is 5.48. The maximum atomic E-state index is 12.9. The summed E-state index contributed by atoms with van der Waals surface area (Å²) in [5.41, 5.74) is 2.10. The molecule has 2 aliphatic heterocycles. The first-order valence-electron chi connectivity index (χ1n) is 10.4. The standard InChI is InChI=1S/C24H24N2O6S/c1-31-18-9-7-16(8-10-18)13-32-24(30)21-17(12-27)14-33-23-20(22(29)26(21)23)25-19(28)11-15-5-3-2-4-6-15/h2-10,20,23,27H,11-14H2,1H3,(H,25,28)/t20-,23-/m1/s1. The van der Waals surface area contributed by atoms with Gasteiger partial charge in [-0.2, -0.15) is 0 Å². The van der Waals surface area contributed by atoms with E-state index in [2.05, 4.69) is 5.32 Å². The molecule has 2 heterocycles. The molecule has 4 rings (SSSR count). The van der Waals surface area contributed by atoms with Gasteiger partial charge in [-0.05, 0) is 28.8 Å². The van der Waals surface area contributed by atoms with Crippen LogP contribution in [-0.2, 0) is 32.1 Å². The van der Waals surface area contributed by atoms with E-state index in [-0.39, 0.29) is 31.2 Å². The van der Waals surface area contributed by atoms with E-state index in [9.17, 15) is 19.5 Å². The van der Waals surface area contributed by atoms with Crippen molar-refractivity contribution in [1.82, 2.24) is 10.2 Å². The smallest absolute Gasteiger partial charge is 0.355 e. The lowest BCUT2D eigenvalue weighted by molar-refractivity contribution is -0.153. The van der Waals surface area contributed by atoms with Crippen molar-refractivity contribution in [2.24, 2.45) is 0 Å². The van der Waals surface area contributed by atoms with E-state index in [1.807, 2.05) is 30.3 Å². The number of ether oxygens (including phenoxy) is 2. The van der Waals surface area contributed by atoms with Crippen LogP contribution in [0, 0.1) is 0 Å². The Kier molecular flexibility index (Phi) is 7.00. The van der Waals surface area contributed by atoms with E-state index in [0.717, 1.165) is 11.1 Å². The van der Waals surface area contributed by atoms with Gasteiger partial charge in [-0.25, -0.2) is 4.79 Å². The van der Waals surface area contributed by atoms with Gasteiger partial charge in [-0.1, -0.05) is 42.5 Å². The minimum Gasteiger partial charge on any atom is -0.497 e. The van der Waals surface area contributed by atoms with Gasteiger partial charge < -0.3 is 19.9 Å². The number of benzene rings is 2. The Balaban J connectivity index is 1.41. The summed E-state index contributed by atoms with van der Waals surface area (Å²) in [6, 6.07) is 15.6. The summed E-state index contributed by atoms with van der Waals surface area (Å²) in [4.78, 5) is 39.5. The second-order valence-electron chi connectivity index (χ2n) is 7.65. The maximum Gasteiger partial charge on any atom is 0.355 e. The second kappa shape index (κ2) is 10.1. The van der Waals surface area contributed by atoms with Gasteiger partial charge >= 0.3 is 5.97 Å². The van der Waals surface area contributed by atoms with E-state index >= 15 is 0 Å². The van der Waals surface area contributed by atoms with E-state index in [0.29, 0.717) is 17.1 Å². The largest absolute Gasteiger partial charge is 0.497 e. The van der Waals surface area contributed by atoms with Crippen molar-refractivity contribution in [2.75, 3.05) is 19.5 Å². The highest BCUT2D eigenvalue weighted by molar-refractivity contribution is 8.00. The number of rotatable bonds is 8. The fourth-order valence-electron chi connectivity index (χ4n) is 3.74. The monoisotopic (exact) mass is 468 g/mol. The van der Waals surface area contributed by atoms with Gasteiger partial charge in [0.15, 0.2) is 0 Å². The average molecular weight is 469 g/mol. The number of carbonyl (C=O) groups is 3. The van der Waals surface area contributed by atoms with Crippen LogP contribution < -0.4 is 10.1 Å². The summed E-state index contributed by atoms with van der Waals surface area (Å²) < 4.78 is 10.5. The molecule has 2 atom stereocenters. The maximum absolute atomic E-state index is 12.9. The molecule has 2 N–H and O–H groups in total. The summed E-state index contributed by atoms with van der Waals surface area (Å²) in [6.07, 6.45) is 0.163. The molecule has 0 bridgehead atoms. The highest BCUT2D eigenvalue weighted by Gasteiger charge is 2.54. The Bertz CT molecular complexity index is 1070. The summed E-state index contributed by atoms with van der Waals surface area (Å²) in [7, 11) is 1.57. The third-order valence-corrected chi connectivity index (χ3v) is 6.82. The number of β-lactam (4-membered cyclic amide) rings is 1. The minimum atomic E-state index is -0.726. The van der Waals surface area contributed by atoms with Gasteiger partial charge in [0.2, 0.25) is 5.91 Å². The number of aliphatic hydroxyl groups is 1. The first-order valence-corrected chi connectivity index (χ1v) is 11.5. The topological polar surface area (TPSA) is 105 Å². The number of nitrogens with zero attached hydrogens (tertiary/aromatic N) is 1. The van der Waals surface area contributed by atoms with Gasteiger partial charge in [0, 0.05) is 5.75 Å². The van der Waals surface area contributed by atoms with Gasteiger partial charge in [-0.3, -0.25) is 14.5 Å². The van der Waals surface area contributed by atoms with Crippen LogP contribution in [0.15, 0.2) is 65.9 Å². The normalized spacial score (nSPS) is 19.5. The molecule has 8 nitrogen and oxygen atoms in total. The lowest BCUT2D eigenvalue weighted by Crippen LogP contribution is -2.70. The van der Waals surface area contributed by atoms with Crippen molar-refractivity contribution >= 4 is 29.5 Å². The highest BCUT2D eigenvalue weighted by atomic mass is 32.2. The first kappa shape index (κ1) is 22.9. The Morgan fingerprint density at radius 2 is 1.85 bits per heavy atom. The molecular formula is C24H24N2O6S. The molecule has 2 aliphatic rings. The molecule has 2 amide bonds. The molecule has 1 fully saturated rings. The third kappa shape index (κ3) is 4.89. The molecule has 0 unspecified atom stereocenters. The number of hydrogen-bond acceptors (Lipinski definition) is 7. The summed E-state index contributed by atoms with van der Waals surface area (Å²) in [6.45, 7) is -0.344. The van der Waals surface area contributed by atoms with E-state index in [1.54, 1.807) is 31.4 Å². The zero-order chi connectivity index (χ0) is 23.4. The van der Waals surface area contributed by atoms with Crippen molar-refractivity contribution in [2.45, 2.75) is 24.4 Å². The molecule has 1 saturated heterocycles. The molecular weight excluding hydrogens is 444 g/mol. The highest BCUT2D eigenvalue weighted by Crippen LogP contribution is 2.40. The Hall–Kier alpha value is -3.30. The van der Waals surface area contributed by atoms with E-state index in [4.69, 9.17) is 9.47 Å². The van der Waals surface area contributed by atoms with Crippen LogP contribution in [-0.4, -0.2) is 58.7 Å². The number of thioether (sulfide) groups is 1. The fraction of sp³-hybridized carbons (Fsp3) is 0.292. The van der Waals surface area contributed by atoms with Crippen molar-refractivity contribution in [3.05, 3.63) is 77.0 Å². The number of fused-ring (bicyclic) bond motifs is 1. The van der Waals surface area contributed by atoms with Crippen molar-refractivity contribution < 1.29 is 29.0 Å². The van der Waals surface area contributed by atoms with Gasteiger partial charge in [0.1, 0.15) is 29.5 Å². The Labute approximate surface area is 195 Å². The second-order valence-corrected chi connectivity index (χ2v) is 8.76. The zero-order valence-corrected chi connectivity index (χ0v) is 18.8. The van der Waals surface area contributed by atoms with Gasteiger partial charge in [0.05, 0.1) is 20.1 Å². The minimum absolute atomic E-state index is 0.0160. The fourth-order valence-corrected chi connectivity index (χ4v) is 5.07. The summed E-state index contributed by atoms with van der Waals surface area (Å²) >= 11 is 1.40. The number of amides is 2.